The molecule has 14 heavy (non-hydrogen) atoms. The number of aliphatic hydroxyl groups is 1. The lowest BCUT2D eigenvalue weighted by Crippen LogP contribution is -2.29. The molecule has 0 radical (unpaired) electrons. The van der Waals surface area contributed by atoms with Crippen LogP contribution in [0.3, 0.4) is 0 Å². The quantitative estimate of drug-likeness (QED) is 0.533. The van der Waals surface area contributed by atoms with Gasteiger partial charge >= 0.3 is 0 Å². The third-order valence-electron chi connectivity index (χ3n) is 2.09. The summed E-state index contributed by atoms with van der Waals surface area (Å²) in [6.45, 7) is 1.52. The van der Waals surface area contributed by atoms with Crippen LogP contribution in [-0.4, -0.2) is 34.6 Å². The Morgan fingerprint density at radius 1 is 1.71 bits per heavy atom. The second-order valence-electron chi connectivity index (χ2n) is 3.27. The maximum Gasteiger partial charge on any atom is 0.0538 e. The van der Waals surface area contributed by atoms with Crippen LogP contribution in [0.4, 0.5) is 0 Å². The minimum atomic E-state index is 0.134. The lowest BCUT2D eigenvalue weighted by atomic mass is 10.1. The molecule has 1 aromatic heterocycles. The number of aryl methyl sites for hydroxylation is 1. The summed E-state index contributed by atoms with van der Waals surface area (Å²) < 4.78 is 1.76. The number of hydrogen-bond acceptors (Lipinski definition) is 4. The van der Waals surface area contributed by atoms with Crippen molar-refractivity contribution in [3.8, 4) is 0 Å². The van der Waals surface area contributed by atoms with Crippen molar-refractivity contribution >= 4 is 0 Å². The first-order valence-corrected chi connectivity index (χ1v) is 4.80. The number of nitrogens with one attached hydrogen (secondary N) is 1. The molecule has 1 heterocycles. The number of nitrogens with two attached hydrogens (primary N) is 1. The van der Waals surface area contributed by atoms with E-state index in [-0.39, 0.29) is 12.6 Å². The summed E-state index contributed by atoms with van der Waals surface area (Å²) in [6.07, 6.45) is 4.50. The van der Waals surface area contributed by atoms with Crippen LogP contribution >= 0.6 is 0 Å². The van der Waals surface area contributed by atoms with Crippen LogP contribution in [-0.2, 0) is 7.05 Å². The molecular weight excluding hydrogens is 180 g/mol. The van der Waals surface area contributed by atoms with E-state index < -0.39 is 0 Å². The third-order valence-corrected chi connectivity index (χ3v) is 2.09. The van der Waals surface area contributed by atoms with Gasteiger partial charge in [0.2, 0.25) is 0 Å². The maximum atomic E-state index is 8.64. The van der Waals surface area contributed by atoms with Crippen molar-refractivity contribution in [2.75, 3.05) is 19.7 Å². The van der Waals surface area contributed by atoms with Gasteiger partial charge in [-0.2, -0.15) is 5.10 Å². The zero-order valence-electron chi connectivity index (χ0n) is 8.48. The minimum Gasteiger partial charge on any atom is -0.396 e. The molecule has 1 aromatic rings. The number of aliphatic hydroxyl groups excluding tert-OH is 1. The molecule has 1 unspecified atom stereocenters. The highest BCUT2D eigenvalue weighted by Gasteiger charge is 2.09. The molecule has 1 rings (SSSR count). The zero-order chi connectivity index (χ0) is 10.4. The first-order chi connectivity index (χ1) is 6.77. The lowest BCUT2D eigenvalue weighted by molar-refractivity contribution is 0.283. The number of rotatable bonds is 6. The van der Waals surface area contributed by atoms with E-state index in [9.17, 15) is 0 Å². The highest BCUT2D eigenvalue weighted by Crippen LogP contribution is 2.09. The molecule has 0 aliphatic carbocycles. The Morgan fingerprint density at radius 2 is 2.50 bits per heavy atom. The van der Waals surface area contributed by atoms with Gasteiger partial charge in [0.15, 0.2) is 0 Å². The van der Waals surface area contributed by atoms with Crippen LogP contribution in [0, 0.1) is 0 Å². The Labute approximate surface area is 83.9 Å². The first-order valence-electron chi connectivity index (χ1n) is 4.80. The van der Waals surface area contributed by atoms with Gasteiger partial charge in [0.05, 0.1) is 6.20 Å². The molecule has 0 fully saturated rings. The molecule has 0 aliphatic rings. The number of hydrogen-bond donors (Lipinski definition) is 3. The molecule has 4 N–H and O–H groups in total. The molecule has 0 aliphatic heterocycles. The molecule has 0 saturated carbocycles. The number of nitrogens with zero attached hydrogens (tertiary/aromatic N) is 2. The van der Waals surface area contributed by atoms with E-state index in [4.69, 9.17) is 10.8 Å². The third kappa shape index (κ3) is 3.10. The molecule has 0 spiro atoms. The van der Waals surface area contributed by atoms with E-state index in [1.54, 1.807) is 4.68 Å². The van der Waals surface area contributed by atoms with Crippen LogP contribution in [0.15, 0.2) is 12.4 Å². The van der Waals surface area contributed by atoms with Gasteiger partial charge in [0.25, 0.3) is 0 Å². The van der Waals surface area contributed by atoms with Gasteiger partial charge in [-0.05, 0) is 13.0 Å². The second-order valence-corrected chi connectivity index (χ2v) is 3.27. The van der Waals surface area contributed by atoms with Gasteiger partial charge in [-0.1, -0.05) is 0 Å². The molecule has 0 amide bonds. The molecular formula is C9H18N4O. The van der Waals surface area contributed by atoms with Crippen molar-refractivity contribution in [3.05, 3.63) is 18.0 Å². The molecule has 80 valence electrons. The maximum absolute atomic E-state index is 8.64. The average Bonchev–Trinajstić information content (AvgIpc) is 2.60. The van der Waals surface area contributed by atoms with Crippen molar-refractivity contribution in [1.82, 2.24) is 15.1 Å². The zero-order valence-corrected chi connectivity index (χ0v) is 8.48. The van der Waals surface area contributed by atoms with E-state index in [0.717, 1.165) is 18.5 Å². The number of aromatic nitrogens is 2. The molecule has 0 bridgehead atoms. The van der Waals surface area contributed by atoms with Gasteiger partial charge in [-0.3, -0.25) is 4.68 Å². The van der Waals surface area contributed by atoms with Crippen molar-refractivity contribution in [2.24, 2.45) is 12.8 Å². The Balaban J connectivity index is 2.45. The lowest BCUT2D eigenvalue weighted by Gasteiger charge is -2.14. The van der Waals surface area contributed by atoms with Crippen molar-refractivity contribution < 1.29 is 5.11 Å². The van der Waals surface area contributed by atoms with Crippen LogP contribution in [0.5, 0.6) is 0 Å². The topological polar surface area (TPSA) is 76.1 Å². The minimum absolute atomic E-state index is 0.134. The molecule has 5 nitrogen and oxygen atoms in total. The van der Waals surface area contributed by atoms with Gasteiger partial charge in [-0.15, -0.1) is 0 Å². The molecule has 5 heteroatoms. The SMILES string of the molecule is Cn1cc(C(CN)NCCCO)cn1. The van der Waals surface area contributed by atoms with Crippen LogP contribution in [0.2, 0.25) is 0 Å². The summed E-state index contributed by atoms with van der Waals surface area (Å²) in [7, 11) is 1.88. The van der Waals surface area contributed by atoms with Crippen LogP contribution in [0.25, 0.3) is 0 Å². The normalized spacial score (nSPS) is 13.1. The summed E-state index contributed by atoms with van der Waals surface area (Å²) in [5.41, 5.74) is 6.72. The van der Waals surface area contributed by atoms with E-state index in [1.807, 2.05) is 19.4 Å². The van der Waals surface area contributed by atoms with E-state index >= 15 is 0 Å². The largest absolute Gasteiger partial charge is 0.396 e. The monoisotopic (exact) mass is 198 g/mol. The fourth-order valence-corrected chi connectivity index (χ4v) is 1.31. The second kappa shape index (κ2) is 5.74. The Morgan fingerprint density at radius 3 is 3.00 bits per heavy atom. The summed E-state index contributed by atoms with van der Waals surface area (Å²) in [6, 6.07) is 0.134. The van der Waals surface area contributed by atoms with Gasteiger partial charge in [0, 0.05) is 38.0 Å². The van der Waals surface area contributed by atoms with Gasteiger partial charge in [-0.25, -0.2) is 0 Å². The van der Waals surface area contributed by atoms with E-state index in [2.05, 4.69) is 10.4 Å². The first kappa shape index (κ1) is 11.2. The summed E-state index contributed by atoms with van der Waals surface area (Å²) >= 11 is 0. The standard InChI is InChI=1S/C9H18N4O/c1-13-7-8(6-12-13)9(5-10)11-3-2-4-14/h6-7,9,11,14H,2-5,10H2,1H3. The highest BCUT2D eigenvalue weighted by atomic mass is 16.3. The van der Waals surface area contributed by atoms with Gasteiger partial charge in [0.1, 0.15) is 0 Å². The van der Waals surface area contributed by atoms with Crippen molar-refractivity contribution in [3.63, 3.8) is 0 Å². The molecule has 0 saturated heterocycles. The fraction of sp³-hybridized carbons (Fsp3) is 0.667. The van der Waals surface area contributed by atoms with E-state index in [1.165, 1.54) is 0 Å². The predicted octanol–water partition coefficient (Wildman–Crippen LogP) is -0.608. The molecule has 1 atom stereocenters. The van der Waals surface area contributed by atoms with Crippen LogP contribution in [0.1, 0.15) is 18.0 Å². The highest BCUT2D eigenvalue weighted by molar-refractivity contribution is 5.10. The summed E-state index contributed by atoms with van der Waals surface area (Å²) in [5, 5.41) is 16.0. The predicted molar refractivity (Wildman–Crippen MR) is 54.7 cm³/mol. The Hall–Kier alpha value is -0.910. The average molecular weight is 198 g/mol. The van der Waals surface area contributed by atoms with Crippen molar-refractivity contribution in [2.45, 2.75) is 12.5 Å². The summed E-state index contributed by atoms with van der Waals surface area (Å²) in [5.74, 6) is 0. The van der Waals surface area contributed by atoms with Gasteiger partial charge < -0.3 is 16.2 Å². The fourth-order valence-electron chi connectivity index (χ4n) is 1.31. The van der Waals surface area contributed by atoms with Crippen LogP contribution < -0.4 is 11.1 Å². The Kier molecular flexibility index (Phi) is 4.58. The Bertz CT molecular complexity index is 261. The van der Waals surface area contributed by atoms with Crippen molar-refractivity contribution in [1.29, 1.82) is 0 Å². The van der Waals surface area contributed by atoms with E-state index in [0.29, 0.717) is 6.54 Å². The molecule has 0 aromatic carbocycles. The smallest absolute Gasteiger partial charge is 0.0538 e. The summed E-state index contributed by atoms with van der Waals surface area (Å²) in [4.78, 5) is 0.